The minimum absolute atomic E-state index is 0.00487. The molecule has 9 nitrogen and oxygen atoms in total. The van der Waals surface area contributed by atoms with Crippen molar-refractivity contribution in [1.82, 2.24) is 5.32 Å². The Bertz CT molecular complexity index is 1360. The number of aryl methyl sites for hydroxylation is 2. The Labute approximate surface area is 200 Å². The molecule has 1 saturated heterocycles. The van der Waals surface area contributed by atoms with Gasteiger partial charge in [-0.1, -0.05) is 24.3 Å². The van der Waals surface area contributed by atoms with Crippen LogP contribution < -0.4 is 15.0 Å². The summed E-state index contributed by atoms with van der Waals surface area (Å²) in [6.07, 6.45) is 1.42. The molecule has 0 bridgehead atoms. The van der Waals surface area contributed by atoms with E-state index in [1.54, 1.807) is 55.5 Å². The molecule has 0 atom stereocenters. The predicted octanol–water partition coefficient (Wildman–Crippen LogP) is 4.46. The van der Waals surface area contributed by atoms with Gasteiger partial charge in [-0.2, -0.15) is 0 Å². The van der Waals surface area contributed by atoms with Crippen LogP contribution in [0.1, 0.15) is 22.3 Å². The van der Waals surface area contributed by atoms with E-state index in [1.165, 1.54) is 18.2 Å². The number of nitrogens with one attached hydrogen (secondary N) is 1. The van der Waals surface area contributed by atoms with Gasteiger partial charge in [0.2, 0.25) is 0 Å². The molecular weight excluding hydrogens is 450 g/mol. The molecule has 3 aromatic rings. The highest BCUT2D eigenvalue weighted by atomic mass is 16.6. The summed E-state index contributed by atoms with van der Waals surface area (Å²) in [5.41, 5.74) is 3.19. The zero-order valence-corrected chi connectivity index (χ0v) is 19.0. The first kappa shape index (κ1) is 23.4. The van der Waals surface area contributed by atoms with E-state index >= 15 is 0 Å². The van der Waals surface area contributed by atoms with E-state index in [0.717, 1.165) is 21.6 Å². The first-order valence-corrected chi connectivity index (χ1v) is 10.7. The van der Waals surface area contributed by atoms with E-state index in [0.29, 0.717) is 17.0 Å². The summed E-state index contributed by atoms with van der Waals surface area (Å²) in [5.74, 6) is -0.928. The van der Waals surface area contributed by atoms with E-state index in [9.17, 15) is 24.5 Å². The molecule has 0 radical (unpaired) electrons. The van der Waals surface area contributed by atoms with Crippen LogP contribution in [0.25, 0.3) is 6.08 Å². The molecule has 9 heteroatoms. The Morgan fingerprint density at radius 2 is 1.66 bits per heavy atom. The number of anilines is 1. The molecule has 0 saturated carbocycles. The van der Waals surface area contributed by atoms with Gasteiger partial charge in [0.15, 0.2) is 0 Å². The molecule has 0 aromatic heterocycles. The van der Waals surface area contributed by atoms with Crippen LogP contribution in [0.5, 0.6) is 5.75 Å². The Kier molecular flexibility index (Phi) is 6.41. The van der Waals surface area contributed by atoms with Gasteiger partial charge in [-0.25, -0.2) is 9.69 Å². The lowest BCUT2D eigenvalue weighted by Gasteiger charge is -2.27. The zero-order chi connectivity index (χ0) is 25.1. The highest BCUT2D eigenvalue weighted by Gasteiger charge is 2.37. The van der Waals surface area contributed by atoms with Crippen molar-refractivity contribution < 1.29 is 24.0 Å². The fourth-order valence-corrected chi connectivity index (χ4v) is 3.54. The van der Waals surface area contributed by atoms with E-state index in [4.69, 9.17) is 4.74 Å². The maximum Gasteiger partial charge on any atom is 0.335 e. The minimum Gasteiger partial charge on any atom is -0.489 e. The number of imide groups is 2. The molecule has 1 heterocycles. The van der Waals surface area contributed by atoms with Crippen molar-refractivity contribution in [3.8, 4) is 5.75 Å². The first-order chi connectivity index (χ1) is 16.7. The van der Waals surface area contributed by atoms with Crippen molar-refractivity contribution in [1.29, 1.82) is 0 Å². The summed E-state index contributed by atoms with van der Waals surface area (Å²) < 4.78 is 5.70. The number of urea groups is 1. The number of hydrogen-bond donors (Lipinski definition) is 1. The van der Waals surface area contributed by atoms with Crippen molar-refractivity contribution in [3.05, 3.63) is 105 Å². The van der Waals surface area contributed by atoms with Gasteiger partial charge in [0, 0.05) is 12.1 Å². The first-order valence-electron chi connectivity index (χ1n) is 10.7. The number of ether oxygens (including phenoxy) is 1. The summed E-state index contributed by atoms with van der Waals surface area (Å²) in [6, 6.07) is 17.4. The largest absolute Gasteiger partial charge is 0.489 e. The third-order valence-corrected chi connectivity index (χ3v) is 5.45. The second-order valence-corrected chi connectivity index (χ2v) is 8.03. The lowest BCUT2D eigenvalue weighted by atomic mass is 10.0. The highest BCUT2D eigenvalue weighted by Crippen LogP contribution is 2.26. The number of nitro benzene ring substituents is 1. The van der Waals surface area contributed by atoms with Gasteiger partial charge in [0.05, 0.1) is 10.6 Å². The average molecular weight is 471 g/mol. The van der Waals surface area contributed by atoms with E-state index in [1.807, 2.05) is 13.0 Å². The summed E-state index contributed by atoms with van der Waals surface area (Å²) in [4.78, 5) is 49.3. The Morgan fingerprint density at radius 1 is 0.971 bits per heavy atom. The van der Waals surface area contributed by atoms with E-state index in [2.05, 4.69) is 5.32 Å². The van der Waals surface area contributed by atoms with Crippen LogP contribution in [0.3, 0.4) is 0 Å². The van der Waals surface area contributed by atoms with Crippen LogP contribution in [0.4, 0.5) is 16.2 Å². The molecule has 0 unspecified atom stereocenters. The van der Waals surface area contributed by atoms with Gasteiger partial charge in [0.25, 0.3) is 17.5 Å². The minimum atomic E-state index is -0.791. The van der Waals surface area contributed by atoms with Gasteiger partial charge in [-0.3, -0.25) is 25.0 Å². The van der Waals surface area contributed by atoms with Gasteiger partial charge < -0.3 is 4.74 Å². The molecule has 35 heavy (non-hydrogen) atoms. The summed E-state index contributed by atoms with van der Waals surface area (Å²) in [7, 11) is 0. The number of nitro groups is 1. The predicted molar refractivity (Wildman–Crippen MR) is 129 cm³/mol. The van der Waals surface area contributed by atoms with E-state index < -0.39 is 22.8 Å². The standard InChI is InChI=1S/C26H21N3O6/c1-16-3-4-17(2)23(13-16)28-25(31)22(24(30)27-26(28)32)14-18-7-11-21(12-8-18)35-15-19-5-9-20(10-6-19)29(33)34/h3-14H,15H2,1-2H3,(H,27,30,32)/b22-14+. The third kappa shape index (κ3) is 5.09. The number of amides is 4. The summed E-state index contributed by atoms with van der Waals surface area (Å²) in [6.45, 7) is 3.85. The second kappa shape index (κ2) is 9.60. The van der Waals surface area contributed by atoms with Crippen molar-refractivity contribution in [2.45, 2.75) is 20.5 Å². The maximum absolute atomic E-state index is 13.1. The van der Waals surface area contributed by atoms with Gasteiger partial charge in [-0.15, -0.1) is 0 Å². The molecule has 3 aromatic carbocycles. The smallest absolute Gasteiger partial charge is 0.335 e. The van der Waals surface area contributed by atoms with Crippen LogP contribution in [0.2, 0.25) is 0 Å². The molecule has 176 valence electrons. The zero-order valence-electron chi connectivity index (χ0n) is 19.0. The third-order valence-electron chi connectivity index (χ3n) is 5.45. The number of nitrogens with zero attached hydrogens (tertiary/aromatic N) is 2. The number of barbiturate groups is 1. The Morgan fingerprint density at radius 3 is 2.31 bits per heavy atom. The lowest BCUT2D eigenvalue weighted by molar-refractivity contribution is -0.384. The molecule has 0 spiro atoms. The summed E-state index contributed by atoms with van der Waals surface area (Å²) in [5, 5.41) is 13.0. The van der Waals surface area contributed by atoms with Crippen molar-refractivity contribution >= 4 is 35.3 Å². The fourth-order valence-electron chi connectivity index (χ4n) is 3.54. The highest BCUT2D eigenvalue weighted by molar-refractivity contribution is 6.39. The quantitative estimate of drug-likeness (QED) is 0.245. The lowest BCUT2D eigenvalue weighted by Crippen LogP contribution is -2.54. The SMILES string of the molecule is Cc1ccc(C)c(N2C(=O)NC(=O)/C(=C\c3ccc(OCc4ccc([N+](=O)[O-])cc4)cc3)C2=O)c1. The maximum atomic E-state index is 13.1. The number of rotatable bonds is 6. The fraction of sp³-hybridized carbons (Fsp3) is 0.115. The van der Waals surface area contributed by atoms with E-state index in [-0.39, 0.29) is 17.9 Å². The van der Waals surface area contributed by atoms with Gasteiger partial charge in [-0.05, 0) is 72.5 Å². The van der Waals surface area contributed by atoms with Crippen LogP contribution in [-0.2, 0) is 16.2 Å². The second-order valence-electron chi connectivity index (χ2n) is 8.03. The summed E-state index contributed by atoms with van der Waals surface area (Å²) >= 11 is 0. The molecular formula is C26H21N3O6. The van der Waals surface area contributed by atoms with Crippen molar-refractivity contribution in [2.75, 3.05) is 4.90 Å². The number of carbonyl (C=O) groups is 3. The topological polar surface area (TPSA) is 119 Å². The molecule has 1 fully saturated rings. The molecule has 1 aliphatic rings. The molecule has 0 aliphatic carbocycles. The average Bonchev–Trinajstić information content (AvgIpc) is 2.83. The molecule has 1 aliphatic heterocycles. The molecule has 1 N–H and O–H groups in total. The van der Waals surface area contributed by atoms with Crippen LogP contribution >= 0.6 is 0 Å². The Hall–Kier alpha value is -4.79. The Balaban J connectivity index is 1.50. The number of non-ortho nitro benzene ring substituents is 1. The van der Waals surface area contributed by atoms with Gasteiger partial charge >= 0.3 is 6.03 Å². The number of carbonyl (C=O) groups excluding carboxylic acids is 3. The van der Waals surface area contributed by atoms with Crippen LogP contribution in [0.15, 0.2) is 72.3 Å². The van der Waals surface area contributed by atoms with Crippen molar-refractivity contribution in [3.63, 3.8) is 0 Å². The van der Waals surface area contributed by atoms with Crippen LogP contribution in [0, 0.1) is 24.0 Å². The normalized spacial score (nSPS) is 14.7. The van der Waals surface area contributed by atoms with Crippen molar-refractivity contribution in [2.24, 2.45) is 0 Å². The van der Waals surface area contributed by atoms with Crippen LogP contribution in [-0.4, -0.2) is 22.8 Å². The van der Waals surface area contributed by atoms with Gasteiger partial charge in [0.1, 0.15) is 17.9 Å². The molecule has 4 amide bonds. The number of benzene rings is 3. The monoisotopic (exact) mass is 471 g/mol. The molecule has 4 rings (SSSR count). The number of hydrogen-bond acceptors (Lipinski definition) is 6.